The molecule has 2 bridgehead atoms. The zero-order valence-corrected chi connectivity index (χ0v) is 24.3. The average molecular weight is 644 g/mol. The number of rotatable bonds is 8. The van der Waals surface area contributed by atoms with E-state index in [1.807, 2.05) is 6.92 Å². The van der Waals surface area contributed by atoms with Crippen LogP contribution in [0.25, 0.3) is 0 Å². The van der Waals surface area contributed by atoms with Crippen molar-refractivity contribution >= 4 is 43.1 Å². The van der Waals surface area contributed by atoms with Crippen molar-refractivity contribution in [1.29, 1.82) is 0 Å². The molecule has 6 rings (SSSR count). The average Bonchev–Trinajstić information content (AvgIpc) is 2.95. The summed E-state index contributed by atoms with van der Waals surface area (Å²) in [6.07, 6.45) is 2.64. The molecule has 15 heteroatoms. The van der Waals surface area contributed by atoms with Gasteiger partial charge >= 0.3 is 0 Å². The molecule has 3 saturated carbocycles. The minimum atomic E-state index is -4.14. The van der Waals surface area contributed by atoms with E-state index < -0.39 is 65.9 Å². The first-order valence-electron chi connectivity index (χ1n) is 12.8. The molecule has 1 aromatic heterocycles. The molecule has 3 aliphatic rings. The zero-order valence-electron chi connectivity index (χ0n) is 21.9. The van der Waals surface area contributed by atoms with Gasteiger partial charge < -0.3 is 10.4 Å². The normalized spacial score (nSPS) is 25.5. The first kappa shape index (κ1) is 30.4. The van der Waals surface area contributed by atoms with Crippen molar-refractivity contribution in [2.75, 3.05) is 11.9 Å². The van der Waals surface area contributed by atoms with Crippen LogP contribution in [-0.2, 0) is 19.9 Å². The highest BCUT2D eigenvalue weighted by molar-refractivity contribution is 7.92. The fourth-order valence-corrected chi connectivity index (χ4v) is 9.43. The molecule has 3 aromatic rings. The summed E-state index contributed by atoms with van der Waals surface area (Å²) in [5.41, 5.74) is -2.03. The van der Waals surface area contributed by atoms with Gasteiger partial charge in [0.1, 0.15) is 4.90 Å². The summed E-state index contributed by atoms with van der Waals surface area (Å²) in [5.74, 6) is -6.80. The molecule has 1 amide bonds. The van der Waals surface area contributed by atoms with Crippen LogP contribution in [0.3, 0.4) is 0 Å². The Bertz CT molecular complexity index is 1740. The third-order valence-corrected chi connectivity index (χ3v) is 12.3. The Morgan fingerprint density at radius 2 is 1.71 bits per heavy atom. The second kappa shape index (κ2) is 10.9. The number of sulfone groups is 1. The molecule has 0 saturated heterocycles. The minimum absolute atomic E-state index is 0.0198. The van der Waals surface area contributed by atoms with Gasteiger partial charge in [-0.3, -0.25) is 9.78 Å². The lowest BCUT2D eigenvalue weighted by molar-refractivity contribution is -0.211. The highest BCUT2D eigenvalue weighted by Crippen LogP contribution is 2.59. The van der Waals surface area contributed by atoms with E-state index in [4.69, 9.17) is 11.6 Å². The lowest BCUT2D eigenvalue weighted by Gasteiger charge is -2.62. The Hall–Kier alpha value is -3.04. The number of aliphatic hydroxyl groups is 1. The van der Waals surface area contributed by atoms with Crippen LogP contribution in [0.2, 0.25) is 5.02 Å². The number of hydrogen-bond donors (Lipinski definition) is 3. The highest BCUT2D eigenvalue weighted by atomic mass is 35.5. The summed E-state index contributed by atoms with van der Waals surface area (Å²) in [6, 6.07) is 7.45. The first-order valence-corrected chi connectivity index (χ1v) is 16.2. The number of benzene rings is 2. The second-order valence-corrected chi connectivity index (χ2v) is 14.9. The minimum Gasteiger partial charge on any atom is -0.388 e. The maximum Gasteiger partial charge on any atom is 0.255 e. The number of amides is 1. The predicted octanol–water partition coefficient (Wildman–Crippen LogP) is 3.93. The number of fused-ring (bicyclic) bond motifs is 2. The van der Waals surface area contributed by atoms with Crippen LogP contribution in [0.5, 0.6) is 0 Å². The molecule has 0 radical (unpaired) electrons. The Morgan fingerprint density at radius 3 is 2.31 bits per heavy atom. The molecular formula is C27H25ClF3N3O6S2. The van der Waals surface area contributed by atoms with Crippen molar-refractivity contribution in [3.05, 3.63) is 82.9 Å². The van der Waals surface area contributed by atoms with E-state index in [1.165, 1.54) is 36.7 Å². The second-order valence-electron chi connectivity index (χ2n) is 10.6. The number of carbonyl (C=O) groups is 1. The first-order chi connectivity index (χ1) is 19.6. The SMILES string of the molecule is C[C@H]1C2CC(S(=O)(=O)c3cc(C(=O)Nc4cc(F)c(F)c(F)c4)ccc3Cl)CC1[C@@]2(O)CNS(=O)(=O)c1cccnc1. The van der Waals surface area contributed by atoms with Gasteiger partial charge in [-0.1, -0.05) is 18.5 Å². The van der Waals surface area contributed by atoms with Crippen molar-refractivity contribution in [2.45, 2.75) is 40.4 Å². The number of pyridine rings is 1. The predicted molar refractivity (Wildman–Crippen MR) is 146 cm³/mol. The fraction of sp³-hybridized carbons (Fsp3) is 0.333. The highest BCUT2D eigenvalue weighted by Gasteiger charge is 2.64. The summed E-state index contributed by atoms with van der Waals surface area (Å²) >= 11 is 6.23. The summed E-state index contributed by atoms with van der Waals surface area (Å²) < 4.78 is 95.5. The maximum absolute atomic E-state index is 13.7. The molecule has 0 aliphatic heterocycles. The number of sulfonamides is 1. The van der Waals surface area contributed by atoms with Gasteiger partial charge in [0.15, 0.2) is 27.3 Å². The summed E-state index contributed by atoms with van der Waals surface area (Å²) in [4.78, 5) is 16.1. The van der Waals surface area contributed by atoms with E-state index in [1.54, 1.807) is 0 Å². The van der Waals surface area contributed by atoms with Crippen LogP contribution in [0.1, 0.15) is 30.1 Å². The third-order valence-electron chi connectivity index (χ3n) is 8.26. The van der Waals surface area contributed by atoms with Gasteiger partial charge in [-0.15, -0.1) is 0 Å². The maximum atomic E-state index is 13.7. The van der Waals surface area contributed by atoms with Crippen molar-refractivity contribution in [2.24, 2.45) is 17.8 Å². The largest absolute Gasteiger partial charge is 0.388 e. The molecule has 2 atom stereocenters. The third kappa shape index (κ3) is 5.30. The van der Waals surface area contributed by atoms with Crippen molar-refractivity contribution in [3.63, 3.8) is 0 Å². The van der Waals surface area contributed by atoms with Gasteiger partial charge in [-0.25, -0.2) is 34.7 Å². The molecule has 3 fully saturated rings. The van der Waals surface area contributed by atoms with Gasteiger partial charge in [0.05, 0.1) is 20.8 Å². The zero-order chi connectivity index (χ0) is 30.6. The fourth-order valence-electron chi connectivity index (χ4n) is 6.04. The molecule has 0 spiro atoms. The van der Waals surface area contributed by atoms with Crippen LogP contribution in [0.4, 0.5) is 18.9 Å². The van der Waals surface area contributed by atoms with Crippen molar-refractivity contribution in [1.82, 2.24) is 9.71 Å². The molecule has 224 valence electrons. The Labute approximate surface area is 245 Å². The molecule has 3 N–H and O–H groups in total. The summed E-state index contributed by atoms with van der Waals surface area (Å²) in [7, 11) is -8.10. The van der Waals surface area contributed by atoms with Gasteiger partial charge in [0.25, 0.3) is 5.91 Å². The number of halogens is 4. The van der Waals surface area contributed by atoms with E-state index in [-0.39, 0.29) is 51.4 Å². The molecule has 42 heavy (non-hydrogen) atoms. The van der Waals surface area contributed by atoms with Crippen molar-refractivity contribution < 1.29 is 39.9 Å². The monoisotopic (exact) mass is 643 g/mol. The topological polar surface area (TPSA) is 143 Å². The van der Waals surface area contributed by atoms with Gasteiger partial charge in [-0.2, -0.15) is 0 Å². The number of anilines is 1. The molecule has 2 unspecified atom stereocenters. The Morgan fingerprint density at radius 1 is 1.07 bits per heavy atom. The van der Waals surface area contributed by atoms with E-state index in [9.17, 15) is 39.9 Å². The van der Waals surface area contributed by atoms with Crippen LogP contribution in [0, 0.1) is 35.2 Å². The smallest absolute Gasteiger partial charge is 0.255 e. The lowest BCUT2D eigenvalue weighted by Crippen LogP contribution is -2.70. The lowest BCUT2D eigenvalue weighted by atomic mass is 9.48. The summed E-state index contributed by atoms with van der Waals surface area (Å²) in [6.45, 7) is 1.55. The number of aromatic nitrogens is 1. The number of nitrogens with one attached hydrogen (secondary N) is 2. The van der Waals surface area contributed by atoms with E-state index in [0.29, 0.717) is 12.1 Å². The van der Waals surface area contributed by atoms with E-state index in [2.05, 4.69) is 15.0 Å². The van der Waals surface area contributed by atoms with Crippen LogP contribution < -0.4 is 10.0 Å². The van der Waals surface area contributed by atoms with Gasteiger partial charge in [0.2, 0.25) is 10.0 Å². The van der Waals surface area contributed by atoms with Gasteiger partial charge in [-0.05, 0) is 60.9 Å². The molecular weight excluding hydrogens is 619 g/mol. The molecule has 1 heterocycles. The van der Waals surface area contributed by atoms with Crippen LogP contribution in [0.15, 0.2) is 64.6 Å². The Balaban J connectivity index is 1.33. The number of nitrogens with zero attached hydrogens (tertiary/aromatic N) is 1. The standard InChI is InChI=1S/C27H25ClF3N3O6S2/c1-14-19-10-18(11-20(14)27(19,36)13-33-42(39,40)17-3-2-6-32-12-17)41(37,38)24-7-15(4-5-21(24)28)26(35)34-16-8-22(29)25(31)23(30)9-16/h2-9,12,14,18-20,33,36H,10-11,13H2,1H3,(H,34,35)/t14-,18?,19?,20?,27+. The van der Waals surface area contributed by atoms with Crippen LogP contribution >= 0.6 is 11.6 Å². The summed E-state index contributed by atoms with van der Waals surface area (Å²) in [5, 5.41) is 12.5. The molecule has 3 aliphatic carbocycles. The van der Waals surface area contributed by atoms with E-state index in [0.717, 1.165) is 6.07 Å². The number of carbonyl (C=O) groups excluding carboxylic acids is 1. The molecule has 2 aromatic carbocycles. The van der Waals surface area contributed by atoms with E-state index >= 15 is 0 Å². The van der Waals surface area contributed by atoms with Gasteiger partial charge in [0, 0.05) is 42.3 Å². The Kier molecular flexibility index (Phi) is 7.90. The quantitative estimate of drug-likeness (QED) is 0.316. The van der Waals surface area contributed by atoms with Crippen LogP contribution in [-0.4, -0.2) is 50.2 Å². The molecule has 9 nitrogen and oxygen atoms in total. The van der Waals surface area contributed by atoms with Crippen molar-refractivity contribution in [3.8, 4) is 0 Å². The number of hydrogen-bond acceptors (Lipinski definition) is 7.